The first-order valence-electron chi connectivity index (χ1n) is 6.93. The number of nitrogens with two attached hydrogens (primary N) is 1. The Kier molecular flexibility index (Phi) is 4.76. The van der Waals surface area contributed by atoms with Crippen molar-refractivity contribution in [3.8, 4) is 0 Å². The second kappa shape index (κ2) is 6.33. The van der Waals surface area contributed by atoms with E-state index in [1.807, 2.05) is 18.2 Å². The number of benzene rings is 1. The maximum absolute atomic E-state index is 6.00. The Bertz CT molecular complexity index is 386. The van der Waals surface area contributed by atoms with Crippen LogP contribution in [-0.4, -0.2) is 13.6 Å². The van der Waals surface area contributed by atoms with Gasteiger partial charge in [0, 0.05) is 18.6 Å². The lowest BCUT2D eigenvalue weighted by molar-refractivity contribution is 0.341. The molecule has 3 heteroatoms. The SMILES string of the molecule is CN(CCC1CCCCC1)c1ccc(Cl)cc1N. The lowest BCUT2D eigenvalue weighted by Gasteiger charge is -2.26. The Morgan fingerprint density at radius 2 is 2.00 bits per heavy atom. The lowest BCUT2D eigenvalue weighted by Crippen LogP contribution is -2.22. The van der Waals surface area contributed by atoms with Crippen molar-refractivity contribution >= 4 is 23.0 Å². The Morgan fingerprint density at radius 1 is 1.28 bits per heavy atom. The number of nitrogens with zero attached hydrogens (tertiary/aromatic N) is 1. The Labute approximate surface area is 115 Å². The molecule has 0 radical (unpaired) electrons. The molecule has 0 unspecified atom stereocenters. The highest BCUT2D eigenvalue weighted by molar-refractivity contribution is 6.31. The Morgan fingerprint density at radius 3 is 2.67 bits per heavy atom. The normalized spacial score (nSPS) is 16.8. The Hall–Kier alpha value is -0.890. The zero-order chi connectivity index (χ0) is 13.0. The summed E-state index contributed by atoms with van der Waals surface area (Å²) in [5.41, 5.74) is 7.87. The molecule has 100 valence electrons. The van der Waals surface area contributed by atoms with Crippen molar-refractivity contribution in [3.63, 3.8) is 0 Å². The second-order valence-electron chi connectivity index (χ2n) is 5.42. The average molecular weight is 267 g/mol. The van der Waals surface area contributed by atoms with Crippen LogP contribution in [-0.2, 0) is 0 Å². The highest BCUT2D eigenvalue weighted by atomic mass is 35.5. The summed E-state index contributed by atoms with van der Waals surface area (Å²) in [6.07, 6.45) is 8.35. The zero-order valence-corrected chi connectivity index (χ0v) is 11.9. The third-order valence-electron chi connectivity index (χ3n) is 4.00. The van der Waals surface area contributed by atoms with Crippen LogP contribution in [0.5, 0.6) is 0 Å². The molecule has 0 saturated heterocycles. The third-order valence-corrected chi connectivity index (χ3v) is 4.23. The van der Waals surface area contributed by atoms with Gasteiger partial charge in [-0.3, -0.25) is 0 Å². The van der Waals surface area contributed by atoms with Crippen molar-refractivity contribution in [3.05, 3.63) is 23.2 Å². The minimum absolute atomic E-state index is 0.705. The predicted octanol–water partition coefficient (Wildman–Crippen LogP) is 4.33. The highest BCUT2D eigenvalue weighted by Crippen LogP contribution is 2.29. The molecule has 0 atom stereocenters. The molecule has 1 aliphatic carbocycles. The van der Waals surface area contributed by atoms with E-state index in [9.17, 15) is 0 Å². The van der Waals surface area contributed by atoms with E-state index in [4.69, 9.17) is 17.3 Å². The van der Waals surface area contributed by atoms with Crippen LogP contribution >= 0.6 is 11.6 Å². The summed E-state index contributed by atoms with van der Waals surface area (Å²) in [7, 11) is 2.11. The van der Waals surface area contributed by atoms with Crippen LogP contribution in [0.1, 0.15) is 38.5 Å². The summed E-state index contributed by atoms with van der Waals surface area (Å²) >= 11 is 5.92. The largest absolute Gasteiger partial charge is 0.397 e. The molecule has 2 rings (SSSR count). The van der Waals surface area contributed by atoms with Gasteiger partial charge in [0.1, 0.15) is 0 Å². The second-order valence-corrected chi connectivity index (χ2v) is 5.85. The molecule has 1 aliphatic rings. The molecule has 1 fully saturated rings. The smallest absolute Gasteiger partial charge is 0.0598 e. The van der Waals surface area contributed by atoms with Gasteiger partial charge in [0.2, 0.25) is 0 Å². The average Bonchev–Trinajstić information content (AvgIpc) is 2.37. The van der Waals surface area contributed by atoms with E-state index >= 15 is 0 Å². The predicted molar refractivity (Wildman–Crippen MR) is 80.3 cm³/mol. The minimum atomic E-state index is 0.705. The van der Waals surface area contributed by atoms with E-state index in [2.05, 4.69) is 11.9 Å². The first kappa shape index (κ1) is 13.5. The number of hydrogen-bond acceptors (Lipinski definition) is 2. The first-order chi connectivity index (χ1) is 8.66. The molecule has 2 N–H and O–H groups in total. The summed E-state index contributed by atoms with van der Waals surface area (Å²) < 4.78 is 0. The molecule has 1 aromatic rings. The van der Waals surface area contributed by atoms with Crippen LogP contribution in [0.25, 0.3) is 0 Å². The van der Waals surface area contributed by atoms with Crippen LogP contribution in [0.15, 0.2) is 18.2 Å². The van der Waals surface area contributed by atoms with Crippen molar-refractivity contribution < 1.29 is 0 Å². The monoisotopic (exact) mass is 266 g/mol. The number of rotatable bonds is 4. The number of hydrogen-bond donors (Lipinski definition) is 1. The van der Waals surface area contributed by atoms with E-state index in [1.54, 1.807) is 0 Å². The van der Waals surface area contributed by atoms with Crippen LogP contribution < -0.4 is 10.6 Å². The molecule has 0 amide bonds. The fourth-order valence-corrected chi connectivity index (χ4v) is 3.03. The number of nitrogen functional groups attached to an aromatic ring is 1. The van der Waals surface area contributed by atoms with Gasteiger partial charge in [-0.2, -0.15) is 0 Å². The van der Waals surface area contributed by atoms with E-state index in [1.165, 1.54) is 38.5 Å². The van der Waals surface area contributed by atoms with E-state index in [0.29, 0.717) is 5.02 Å². The fraction of sp³-hybridized carbons (Fsp3) is 0.600. The fourth-order valence-electron chi connectivity index (χ4n) is 2.85. The maximum atomic E-state index is 6.00. The topological polar surface area (TPSA) is 29.3 Å². The molecule has 1 saturated carbocycles. The Balaban J connectivity index is 1.88. The van der Waals surface area contributed by atoms with Crippen molar-refractivity contribution in [2.24, 2.45) is 5.92 Å². The zero-order valence-electron chi connectivity index (χ0n) is 11.2. The molecule has 1 aromatic carbocycles. The van der Waals surface area contributed by atoms with Gasteiger partial charge in [0.25, 0.3) is 0 Å². The van der Waals surface area contributed by atoms with Gasteiger partial charge in [-0.05, 0) is 30.5 Å². The summed E-state index contributed by atoms with van der Waals surface area (Å²) in [6.45, 7) is 1.08. The standard InChI is InChI=1S/C15H23ClN2/c1-18(10-9-12-5-3-2-4-6-12)15-8-7-13(16)11-14(15)17/h7-8,11-12H,2-6,9-10,17H2,1H3. The summed E-state index contributed by atoms with van der Waals surface area (Å²) in [6, 6.07) is 5.75. The molecule has 0 aromatic heterocycles. The summed E-state index contributed by atoms with van der Waals surface area (Å²) in [5, 5.41) is 0.705. The molecule has 18 heavy (non-hydrogen) atoms. The maximum Gasteiger partial charge on any atom is 0.0598 e. The molecular weight excluding hydrogens is 244 g/mol. The van der Waals surface area contributed by atoms with Crippen LogP contribution in [0.4, 0.5) is 11.4 Å². The first-order valence-corrected chi connectivity index (χ1v) is 7.31. The quantitative estimate of drug-likeness (QED) is 0.822. The minimum Gasteiger partial charge on any atom is -0.397 e. The van der Waals surface area contributed by atoms with Gasteiger partial charge in [-0.15, -0.1) is 0 Å². The molecular formula is C15H23ClN2. The van der Waals surface area contributed by atoms with Gasteiger partial charge < -0.3 is 10.6 Å². The number of anilines is 2. The van der Waals surface area contributed by atoms with Crippen molar-refractivity contribution in [1.82, 2.24) is 0 Å². The molecule has 0 aliphatic heterocycles. The van der Waals surface area contributed by atoms with E-state index in [-0.39, 0.29) is 0 Å². The van der Waals surface area contributed by atoms with Gasteiger partial charge >= 0.3 is 0 Å². The van der Waals surface area contributed by atoms with E-state index in [0.717, 1.165) is 23.8 Å². The third kappa shape index (κ3) is 3.55. The van der Waals surface area contributed by atoms with Gasteiger partial charge in [-0.25, -0.2) is 0 Å². The molecule has 2 nitrogen and oxygen atoms in total. The van der Waals surface area contributed by atoms with Crippen molar-refractivity contribution in [2.75, 3.05) is 24.2 Å². The molecule has 0 bridgehead atoms. The number of halogens is 1. The van der Waals surface area contributed by atoms with Crippen LogP contribution in [0.3, 0.4) is 0 Å². The van der Waals surface area contributed by atoms with Gasteiger partial charge in [-0.1, -0.05) is 43.7 Å². The molecule has 0 heterocycles. The van der Waals surface area contributed by atoms with Crippen LogP contribution in [0.2, 0.25) is 5.02 Å². The highest BCUT2D eigenvalue weighted by Gasteiger charge is 2.14. The van der Waals surface area contributed by atoms with Crippen LogP contribution in [0, 0.1) is 5.92 Å². The van der Waals surface area contributed by atoms with Crippen molar-refractivity contribution in [2.45, 2.75) is 38.5 Å². The summed E-state index contributed by atoms with van der Waals surface area (Å²) in [5.74, 6) is 0.912. The van der Waals surface area contributed by atoms with Gasteiger partial charge in [0.05, 0.1) is 11.4 Å². The van der Waals surface area contributed by atoms with E-state index < -0.39 is 0 Å². The molecule has 0 spiro atoms. The summed E-state index contributed by atoms with van der Waals surface area (Å²) in [4.78, 5) is 2.25. The van der Waals surface area contributed by atoms with Crippen molar-refractivity contribution in [1.29, 1.82) is 0 Å². The van der Waals surface area contributed by atoms with Gasteiger partial charge in [0.15, 0.2) is 0 Å². The lowest BCUT2D eigenvalue weighted by atomic mass is 9.87.